The van der Waals surface area contributed by atoms with Crippen molar-refractivity contribution in [3.63, 3.8) is 0 Å². The Morgan fingerprint density at radius 1 is 0.788 bits per heavy atom. The number of pyridine rings is 1. The van der Waals surface area contributed by atoms with E-state index < -0.39 is 11.6 Å². The van der Waals surface area contributed by atoms with Gasteiger partial charge in [-0.25, -0.2) is 0 Å². The van der Waals surface area contributed by atoms with Gasteiger partial charge >= 0.3 is 20.1 Å². The van der Waals surface area contributed by atoms with Gasteiger partial charge in [0.15, 0.2) is 0 Å². The Morgan fingerprint density at radius 2 is 1.39 bits per heavy atom. The van der Waals surface area contributed by atoms with Crippen LogP contribution in [0.3, 0.4) is 0 Å². The van der Waals surface area contributed by atoms with E-state index in [9.17, 15) is 8.78 Å². The van der Waals surface area contributed by atoms with Crippen LogP contribution in [0.4, 0.5) is 8.78 Å². The van der Waals surface area contributed by atoms with Crippen LogP contribution in [0, 0.1) is 37.6 Å². The molecule has 33 heavy (non-hydrogen) atoms. The average molecular weight is 621 g/mol. The molecule has 5 rings (SSSR count). The van der Waals surface area contributed by atoms with E-state index in [4.69, 9.17) is 0 Å². The Labute approximate surface area is 204 Å². The number of benzene rings is 2. The van der Waals surface area contributed by atoms with Crippen molar-refractivity contribution >= 4 is 0 Å². The molecule has 0 saturated carbocycles. The van der Waals surface area contributed by atoms with Crippen molar-refractivity contribution in [1.29, 1.82) is 0 Å². The fraction of sp³-hybridized carbons (Fsp3) is 0.0800. The fourth-order valence-electron chi connectivity index (χ4n) is 2.97. The van der Waals surface area contributed by atoms with Gasteiger partial charge < -0.3 is 4.98 Å². The average Bonchev–Trinajstić information content (AvgIpc) is 3.44. The Balaban J connectivity index is 0.000000202. The van der Waals surface area contributed by atoms with Crippen LogP contribution in [-0.2, 0) is 20.1 Å². The first-order valence-electron chi connectivity index (χ1n) is 9.86. The third-order valence-corrected chi connectivity index (χ3v) is 4.50. The monoisotopic (exact) mass is 621 g/mol. The molecule has 5 aromatic rings. The minimum atomic E-state index is -0.724. The van der Waals surface area contributed by atoms with Crippen LogP contribution < -0.4 is 0 Å². The predicted octanol–water partition coefficient (Wildman–Crippen LogP) is 5.03. The maximum atomic E-state index is 13.9. The molecule has 0 aliphatic rings. The maximum absolute atomic E-state index is 13.9. The second-order valence-corrected chi connectivity index (χ2v) is 6.96. The van der Waals surface area contributed by atoms with E-state index in [1.54, 1.807) is 44.6 Å². The summed E-state index contributed by atoms with van der Waals surface area (Å²) in [4.78, 5) is 4.22. The molecule has 0 fully saturated rings. The summed E-state index contributed by atoms with van der Waals surface area (Å²) in [5, 5.41) is 8.21. The van der Waals surface area contributed by atoms with Crippen LogP contribution >= 0.6 is 0 Å². The number of nitrogens with zero attached hydrogens (tertiary/aromatic N) is 5. The van der Waals surface area contributed by atoms with Gasteiger partial charge in [0.05, 0.1) is 11.4 Å². The Bertz CT molecular complexity index is 1220. The van der Waals surface area contributed by atoms with Crippen LogP contribution in [0.1, 0.15) is 11.4 Å². The summed E-state index contributed by atoms with van der Waals surface area (Å²) >= 11 is 0. The Morgan fingerprint density at radius 3 is 1.85 bits per heavy atom. The van der Waals surface area contributed by atoms with E-state index in [2.05, 4.69) is 27.3 Å². The molecule has 0 aliphatic heterocycles. The van der Waals surface area contributed by atoms with E-state index in [0.29, 0.717) is 0 Å². The number of aromatic nitrogens is 5. The molecule has 8 heteroatoms. The normalized spacial score (nSPS) is 10.2. The fourth-order valence-corrected chi connectivity index (χ4v) is 2.97. The molecule has 3 aromatic heterocycles. The van der Waals surface area contributed by atoms with Gasteiger partial charge in [-0.15, -0.1) is 42.0 Å². The first kappa shape index (κ1) is 24.2. The van der Waals surface area contributed by atoms with E-state index >= 15 is 0 Å². The molecule has 168 valence electrons. The second kappa shape index (κ2) is 10.9. The Hall–Kier alpha value is -3.48. The minimum Gasteiger partial charge on any atom is -0.305 e. The summed E-state index contributed by atoms with van der Waals surface area (Å²) in [5.41, 5.74) is 3.60. The molecule has 0 aliphatic carbocycles. The SMILES string of the molecule is Cc1ccn(-c2[c-]c(-n3ccc(C)n3)c(F)cc2F)n1.[IrH+2].[c-]1ccccc1-c1ccccn1. The number of hydrogen-bond donors (Lipinski definition) is 0. The molecule has 2 aromatic carbocycles. The summed E-state index contributed by atoms with van der Waals surface area (Å²) in [5.74, 6) is -1.45. The van der Waals surface area contributed by atoms with Gasteiger partial charge in [-0.1, -0.05) is 18.2 Å². The topological polar surface area (TPSA) is 48.5 Å². The molecule has 0 N–H and O–H groups in total. The van der Waals surface area contributed by atoms with Crippen molar-refractivity contribution in [2.24, 2.45) is 0 Å². The van der Waals surface area contributed by atoms with Crippen molar-refractivity contribution < 1.29 is 28.9 Å². The molecular weight excluding hydrogens is 601 g/mol. The van der Waals surface area contributed by atoms with Crippen molar-refractivity contribution in [3.8, 4) is 22.6 Å². The van der Waals surface area contributed by atoms with Gasteiger partial charge in [-0.3, -0.25) is 18.1 Å². The molecule has 0 amide bonds. The van der Waals surface area contributed by atoms with Crippen molar-refractivity contribution in [2.45, 2.75) is 13.8 Å². The van der Waals surface area contributed by atoms with Crippen LogP contribution in [0.15, 0.2) is 79.3 Å². The zero-order valence-electron chi connectivity index (χ0n) is 17.9. The first-order valence-corrected chi connectivity index (χ1v) is 9.86. The van der Waals surface area contributed by atoms with E-state index in [1.807, 2.05) is 42.5 Å². The zero-order valence-corrected chi connectivity index (χ0v) is 20.4. The summed E-state index contributed by atoms with van der Waals surface area (Å²) in [6.07, 6.45) is 4.98. The summed E-state index contributed by atoms with van der Waals surface area (Å²) in [7, 11) is 0. The molecule has 5 nitrogen and oxygen atoms in total. The molecule has 1 radical (unpaired) electrons. The second-order valence-electron chi connectivity index (χ2n) is 6.96. The first-order chi connectivity index (χ1) is 15.5. The molecule has 3 heterocycles. The van der Waals surface area contributed by atoms with Gasteiger partial charge in [0.2, 0.25) is 0 Å². The molecule has 0 bridgehead atoms. The number of halogens is 2. The predicted molar refractivity (Wildman–Crippen MR) is 119 cm³/mol. The van der Waals surface area contributed by atoms with Gasteiger partial charge in [-0.05, 0) is 49.1 Å². The molecular formula is C25H20F2IrN5. The minimum absolute atomic E-state index is 0. The van der Waals surface area contributed by atoms with E-state index in [1.165, 1.54) is 9.36 Å². The summed E-state index contributed by atoms with van der Waals surface area (Å²) in [6.45, 7) is 3.57. The van der Waals surface area contributed by atoms with Crippen molar-refractivity contribution in [2.75, 3.05) is 0 Å². The van der Waals surface area contributed by atoms with Gasteiger partial charge in [0.1, 0.15) is 0 Å². The number of hydrogen-bond acceptors (Lipinski definition) is 3. The van der Waals surface area contributed by atoms with Crippen LogP contribution in [0.2, 0.25) is 0 Å². The van der Waals surface area contributed by atoms with Crippen molar-refractivity contribution in [1.82, 2.24) is 24.5 Å². The Kier molecular flexibility index (Phi) is 7.98. The van der Waals surface area contributed by atoms with Gasteiger partial charge in [-0.2, -0.15) is 10.2 Å². The van der Waals surface area contributed by atoms with Crippen LogP contribution in [0.5, 0.6) is 0 Å². The molecule has 0 unspecified atom stereocenters. The summed E-state index contributed by atoms with van der Waals surface area (Å²) < 4.78 is 30.4. The smallest absolute Gasteiger partial charge is 0.0160 e. The molecule has 0 spiro atoms. The maximum Gasteiger partial charge on any atom is 0.0160 e. The van der Waals surface area contributed by atoms with Crippen LogP contribution in [0.25, 0.3) is 22.6 Å². The zero-order chi connectivity index (χ0) is 22.5. The quantitative estimate of drug-likeness (QED) is 0.266. The van der Waals surface area contributed by atoms with Gasteiger partial charge in [0.25, 0.3) is 0 Å². The molecule has 0 saturated heterocycles. The van der Waals surface area contributed by atoms with Crippen LogP contribution in [-0.4, -0.2) is 24.5 Å². The standard InChI is InChI=1S/C14H11F2N4.C11H8N.Ir.H/c1-9-3-5-19(17-9)13-8-14(12(16)7-11(13)15)20-6-4-10(2)18-20;1-2-6-10(7-3-1)11-8-4-5-9-12-11;;/h3-7H,1-2H3;1-6,8-9H;;/q2*-1;+2;. The van der Waals surface area contributed by atoms with E-state index in [-0.39, 0.29) is 31.5 Å². The third kappa shape index (κ3) is 5.86. The largest absolute Gasteiger partial charge is 0.305 e. The molecule has 0 atom stereocenters. The van der Waals surface area contributed by atoms with Crippen molar-refractivity contribution in [3.05, 3.63) is 114 Å². The number of rotatable bonds is 3. The number of aryl methyl sites for hydroxylation is 2. The van der Waals surface area contributed by atoms with E-state index in [0.717, 1.165) is 28.7 Å². The summed E-state index contributed by atoms with van der Waals surface area (Å²) in [6, 6.07) is 23.8. The van der Waals surface area contributed by atoms with Gasteiger partial charge in [0, 0.05) is 30.2 Å². The third-order valence-electron chi connectivity index (χ3n) is 4.50.